The molecule has 0 aromatic carbocycles. The second-order valence-corrected chi connectivity index (χ2v) is 4.95. The Morgan fingerprint density at radius 3 is 2.57 bits per heavy atom. The zero-order chi connectivity index (χ0) is 10.8. The van der Waals surface area contributed by atoms with Crippen LogP contribution in [0.5, 0.6) is 0 Å². The van der Waals surface area contributed by atoms with Gasteiger partial charge in [-0.1, -0.05) is 13.8 Å². The number of rotatable bonds is 2. The van der Waals surface area contributed by atoms with Gasteiger partial charge in [-0.05, 0) is 18.9 Å². The maximum atomic E-state index is 6.16. The van der Waals surface area contributed by atoms with E-state index in [1.807, 2.05) is 0 Å². The van der Waals surface area contributed by atoms with E-state index >= 15 is 0 Å². The Labute approximate surface area is 87.5 Å². The van der Waals surface area contributed by atoms with E-state index in [2.05, 4.69) is 44.5 Å². The number of allylic oxidation sites excluding steroid dienone is 1. The minimum atomic E-state index is -0.277. The van der Waals surface area contributed by atoms with Gasteiger partial charge in [0.15, 0.2) is 11.9 Å². The molecule has 1 aliphatic heterocycles. The van der Waals surface area contributed by atoms with Crippen LogP contribution in [0.3, 0.4) is 0 Å². The van der Waals surface area contributed by atoms with Crippen molar-refractivity contribution in [1.82, 2.24) is 0 Å². The average molecular weight is 195 g/mol. The van der Waals surface area contributed by atoms with E-state index in [1.165, 1.54) is 25.0 Å². The molecule has 0 fully saturated rings. The zero-order valence-corrected chi connectivity index (χ0v) is 9.88. The molecule has 0 aromatic heterocycles. The first-order chi connectivity index (χ1) is 6.43. The van der Waals surface area contributed by atoms with E-state index in [4.69, 9.17) is 5.73 Å². The third kappa shape index (κ3) is 2.68. The lowest BCUT2D eigenvalue weighted by Crippen LogP contribution is -2.46. The average Bonchev–Trinajstić information content (AvgIpc) is 2.26. The fourth-order valence-corrected chi connectivity index (χ4v) is 1.93. The van der Waals surface area contributed by atoms with Crippen molar-refractivity contribution in [3.63, 3.8) is 0 Å². The summed E-state index contributed by atoms with van der Waals surface area (Å²) in [5, 5.41) is 0. The molecule has 2 nitrogen and oxygen atoms in total. The molecular formula is C12H23N2+. The van der Waals surface area contributed by atoms with Crippen LogP contribution in [-0.2, 0) is 0 Å². The first-order valence-electron chi connectivity index (χ1n) is 5.53. The molecule has 1 heterocycles. The number of nitrogens with zero attached hydrogens (tertiary/aromatic N) is 1. The smallest absolute Gasteiger partial charge is 0.213 e. The predicted octanol–water partition coefficient (Wildman–Crippen LogP) is 2.49. The topological polar surface area (TPSA) is 29.0 Å². The monoisotopic (exact) mass is 195 g/mol. The Morgan fingerprint density at radius 2 is 2.07 bits per heavy atom. The summed E-state index contributed by atoms with van der Waals surface area (Å²) in [7, 11) is 0. The molecule has 80 valence electrons. The van der Waals surface area contributed by atoms with Gasteiger partial charge in [0.2, 0.25) is 5.66 Å². The van der Waals surface area contributed by atoms with Gasteiger partial charge in [0.25, 0.3) is 0 Å². The summed E-state index contributed by atoms with van der Waals surface area (Å²) in [6, 6.07) is 0. The summed E-state index contributed by atoms with van der Waals surface area (Å²) in [6.45, 7) is 8.61. The van der Waals surface area contributed by atoms with E-state index in [9.17, 15) is 0 Å². The summed E-state index contributed by atoms with van der Waals surface area (Å²) in [4.78, 5) is 0. The van der Waals surface area contributed by atoms with Gasteiger partial charge in [-0.25, -0.2) is 0 Å². The van der Waals surface area contributed by atoms with Crippen molar-refractivity contribution in [1.29, 1.82) is 0 Å². The highest BCUT2D eigenvalue weighted by molar-refractivity contribution is 5.82. The van der Waals surface area contributed by atoms with E-state index in [1.54, 1.807) is 0 Å². The molecule has 1 aliphatic rings. The molecule has 0 bridgehead atoms. The Hall–Kier alpha value is -0.630. The molecule has 0 spiro atoms. The van der Waals surface area contributed by atoms with E-state index < -0.39 is 0 Å². The minimum absolute atomic E-state index is 0.277. The fourth-order valence-electron chi connectivity index (χ4n) is 1.93. The van der Waals surface area contributed by atoms with Crippen LogP contribution in [0.15, 0.2) is 12.3 Å². The van der Waals surface area contributed by atoms with Gasteiger partial charge in [-0.2, -0.15) is 4.58 Å². The quantitative estimate of drug-likeness (QED) is 0.674. The lowest BCUT2D eigenvalue weighted by Gasteiger charge is -2.19. The molecule has 0 saturated heterocycles. The lowest BCUT2D eigenvalue weighted by atomic mass is 10.0. The van der Waals surface area contributed by atoms with Crippen LogP contribution in [0, 0.1) is 5.92 Å². The first kappa shape index (κ1) is 11.4. The number of hydrogen-bond acceptors (Lipinski definition) is 1. The highest BCUT2D eigenvalue weighted by atomic mass is 15.2. The molecule has 2 N–H and O–H groups in total. The van der Waals surface area contributed by atoms with E-state index in [0.29, 0.717) is 5.92 Å². The number of hydrogen-bond donors (Lipinski definition) is 1. The van der Waals surface area contributed by atoms with Crippen LogP contribution in [0.1, 0.15) is 47.0 Å². The first-order valence-corrected chi connectivity index (χ1v) is 5.53. The van der Waals surface area contributed by atoms with Gasteiger partial charge in [-0.15, -0.1) is 0 Å². The van der Waals surface area contributed by atoms with Gasteiger partial charge in [-0.3, -0.25) is 5.73 Å². The van der Waals surface area contributed by atoms with Gasteiger partial charge < -0.3 is 0 Å². The second kappa shape index (κ2) is 4.26. The summed E-state index contributed by atoms with van der Waals surface area (Å²) in [6.07, 6.45) is 7.97. The Bertz CT molecular complexity index is 254. The molecular weight excluding hydrogens is 172 g/mol. The third-order valence-corrected chi connectivity index (χ3v) is 2.65. The Kier molecular flexibility index (Phi) is 3.48. The van der Waals surface area contributed by atoms with Gasteiger partial charge in [0.1, 0.15) is 0 Å². The van der Waals surface area contributed by atoms with Crippen molar-refractivity contribution >= 4 is 5.71 Å². The molecule has 0 aliphatic carbocycles. The summed E-state index contributed by atoms with van der Waals surface area (Å²) in [5.74, 6) is 0.584. The van der Waals surface area contributed by atoms with Crippen LogP contribution in [0.4, 0.5) is 0 Å². The second-order valence-electron chi connectivity index (χ2n) is 4.95. The van der Waals surface area contributed by atoms with Crippen LogP contribution in [0.2, 0.25) is 0 Å². The summed E-state index contributed by atoms with van der Waals surface area (Å²) in [5.41, 5.74) is 7.35. The molecule has 0 amide bonds. The van der Waals surface area contributed by atoms with Gasteiger partial charge in [0.05, 0.1) is 0 Å². The highest BCUT2D eigenvalue weighted by Crippen LogP contribution is 2.15. The van der Waals surface area contributed by atoms with Crippen molar-refractivity contribution in [2.24, 2.45) is 11.7 Å². The molecule has 1 rings (SSSR count). The number of nitrogens with two attached hydrogens (primary N) is 1. The van der Waals surface area contributed by atoms with Crippen molar-refractivity contribution < 1.29 is 4.58 Å². The SMILES string of the molecule is CC(C)C1=[N+](C(C)(C)N)C=CCCC1. The van der Waals surface area contributed by atoms with E-state index in [0.717, 1.165) is 0 Å². The maximum Gasteiger partial charge on any atom is 0.213 e. The van der Waals surface area contributed by atoms with Gasteiger partial charge >= 0.3 is 0 Å². The molecule has 2 heteroatoms. The zero-order valence-electron chi connectivity index (χ0n) is 9.88. The normalized spacial score (nSPS) is 19.0. The highest BCUT2D eigenvalue weighted by Gasteiger charge is 2.29. The standard InChI is InChI=1S/C12H23N2/c1-10(2)11-8-6-5-7-9-14(11)12(3,4)13/h7,9-10H,5-6,8,13H2,1-4H3/q+1. The van der Waals surface area contributed by atoms with Crippen molar-refractivity contribution in [3.8, 4) is 0 Å². The molecule has 0 unspecified atom stereocenters. The minimum Gasteiger partial charge on any atom is -0.271 e. The molecule has 0 saturated carbocycles. The third-order valence-electron chi connectivity index (χ3n) is 2.65. The summed E-state index contributed by atoms with van der Waals surface area (Å²) >= 11 is 0. The van der Waals surface area contributed by atoms with Crippen LogP contribution >= 0.6 is 0 Å². The van der Waals surface area contributed by atoms with Crippen molar-refractivity contribution in [2.75, 3.05) is 0 Å². The van der Waals surface area contributed by atoms with Crippen LogP contribution < -0.4 is 5.73 Å². The van der Waals surface area contributed by atoms with Gasteiger partial charge in [0, 0.05) is 26.2 Å². The molecule has 0 aromatic rings. The van der Waals surface area contributed by atoms with Crippen molar-refractivity contribution in [3.05, 3.63) is 12.3 Å². The largest absolute Gasteiger partial charge is 0.271 e. The van der Waals surface area contributed by atoms with Crippen LogP contribution in [0.25, 0.3) is 0 Å². The lowest BCUT2D eigenvalue weighted by molar-refractivity contribution is -0.541. The molecule has 14 heavy (non-hydrogen) atoms. The Balaban J connectivity index is 3.10. The summed E-state index contributed by atoms with van der Waals surface area (Å²) < 4.78 is 2.24. The fraction of sp³-hybridized carbons (Fsp3) is 0.750. The molecule has 0 atom stereocenters. The maximum absolute atomic E-state index is 6.16. The van der Waals surface area contributed by atoms with Crippen molar-refractivity contribution in [2.45, 2.75) is 52.6 Å². The Morgan fingerprint density at radius 1 is 1.43 bits per heavy atom. The predicted molar refractivity (Wildman–Crippen MR) is 61.4 cm³/mol. The van der Waals surface area contributed by atoms with E-state index in [-0.39, 0.29) is 5.66 Å². The molecule has 0 radical (unpaired) electrons. The van der Waals surface area contributed by atoms with Crippen LogP contribution in [-0.4, -0.2) is 16.0 Å².